The number of benzene rings is 3. The van der Waals surface area contributed by atoms with Crippen LogP contribution in [0.2, 0.25) is 0 Å². The minimum Gasteiger partial charge on any atom is -0.336 e. The molecule has 0 aliphatic rings. The molecule has 1 aromatic heterocycles. The van der Waals surface area contributed by atoms with Crippen LogP contribution in [0.15, 0.2) is 84.9 Å². The van der Waals surface area contributed by atoms with Crippen molar-refractivity contribution in [3.8, 4) is 0 Å². The predicted octanol–water partition coefficient (Wildman–Crippen LogP) is 6.64. The summed E-state index contributed by atoms with van der Waals surface area (Å²) >= 11 is 0. The third kappa shape index (κ3) is 4.77. The molecule has 1 amide bonds. The maximum Gasteiger partial charge on any atom is 0.243 e. The Hall–Kier alpha value is -3.40. The number of para-hydroxylation sites is 2. The van der Waals surface area contributed by atoms with Gasteiger partial charge in [-0.2, -0.15) is 0 Å². The number of nitrogens with zero attached hydrogens (tertiary/aromatic N) is 3. The van der Waals surface area contributed by atoms with Crippen molar-refractivity contribution in [3.63, 3.8) is 0 Å². The van der Waals surface area contributed by atoms with Crippen molar-refractivity contribution in [1.29, 1.82) is 0 Å². The number of rotatable bonds is 9. The Morgan fingerprint density at radius 2 is 1.29 bits per heavy atom. The average Bonchev–Trinajstić information content (AvgIpc) is 3.23. The molecule has 0 spiro atoms. The molecule has 0 aliphatic heterocycles. The zero-order chi connectivity index (χ0) is 24.1. The number of fused-ring (bicyclic) bond motifs is 1. The van der Waals surface area contributed by atoms with Gasteiger partial charge in [-0.25, -0.2) is 4.98 Å². The lowest BCUT2D eigenvalue weighted by atomic mass is 9.90. The Labute approximate surface area is 203 Å². The minimum absolute atomic E-state index is 0.0664. The van der Waals surface area contributed by atoms with E-state index < -0.39 is 0 Å². The van der Waals surface area contributed by atoms with Crippen LogP contribution in [0.5, 0.6) is 0 Å². The lowest BCUT2D eigenvalue weighted by molar-refractivity contribution is -0.136. The van der Waals surface area contributed by atoms with Crippen molar-refractivity contribution in [2.75, 3.05) is 0 Å². The van der Waals surface area contributed by atoms with E-state index in [0.717, 1.165) is 29.7 Å². The second kappa shape index (κ2) is 10.7. The summed E-state index contributed by atoms with van der Waals surface area (Å²) in [4.78, 5) is 20.9. The quantitative estimate of drug-likeness (QED) is 0.285. The topological polar surface area (TPSA) is 38.1 Å². The molecule has 1 heterocycles. The zero-order valence-corrected chi connectivity index (χ0v) is 20.7. The van der Waals surface area contributed by atoms with E-state index >= 15 is 0 Å². The lowest BCUT2D eigenvalue weighted by Gasteiger charge is -2.34. The fourth-order valence-electron chi connectivity index (χ4n) is 4.80. The Kier molecular flexibility index (Phi) is 7.46. The van der Waals surface area contributed by atoms with Crippen LogP contribution in [-0.4, -0.2) is 32.4 Å². The number of carbonyl (C=O) groups excluding carboxylic acids is 1. The molecule has 4 aromatic rings. The van der Waals surface area contributed by atoms with Crippen LogP contribution in [0.25, 0.3) is 11.0 Å². The van der Waals surface area contributed by atoms with Gasteiger partial charge in [0.05, 0.1) is 17.0 Å². The van der Waals surface area contributed by atoms with Gasteiger partial charge in [0.1, 0.15) is 12.4 Å². The summed E-state index contributed by atoms with van der Waals surface area (Å²) in [5, 5.41) is 0. The van der Waals surface area contributed by atoms with E-state index in [4.69, 9.17) is 4.98 Å². The monoisotopic (exact) mass is 453 g/mol. The molecule has 0 N–H and O–H groups in total. The van der Waals surface area contributed by atoms with Gasteiger partial charge < -0.3 is 9.47 Å². The second-order valence-corrected chi connectivity index (χ2v) is 9.11. The molecular weight excluding hydrogens is 418 g/mol. The summed E-state index contributed by atoms with van der Waals surface area (Å²) in [5.74, 6) is 0.983. The summed E-state index contributed by atoms with van der Waals surface area (Å²) < 4.78 is 2.14. The van der Waals surface area contributed by atoms with E-state index in [9.17, 15) is 4.79 Å². The SMILES string of the molecule is CCC(C)N(C(=O)Cn1c(C(c2ccccc2)c2ccccc2)nc2ccccc21)C(C)CC. The summed E-state index contributed by atoms with van der Waals surface area (Å²) in [6.45, 7) is 8.86. The van der Waals surface area contributed by atoms with Crippen molar-refractivity contribution in [1.82, 2.24) is 14.5 Å². The molecule has 0 radical (unpaired) electrons. The number of imidazole rings is 1. The molecule has 4 nitrogen and oxygen atoms in total. The Morgan fingerprint density at radius 1 is 0.794 bits per heavy atom. The van der Waals surface area contributed by atoms with Crippen LogP contribution in [0.4, 0.5) is 0 Å². The van der Waals surface area contributed by atoms with Crippen LogP contribution in [0.3, 0.4) is 0 Å². The minimum atomic E-state index is -0.0664. The van der Waals surface area contributed by atoms with Gasteiger partial charge in [-0.1, -0.05) is 86.6 Å². The summed E-state index contributed by atoms with van der Waals surface area (Å²) in [6.07, 6.45) is 1.87. The maximum absolute atomic E-state index is 13.8. The number of amides is 1. The third-order valence-corrected chi connectivity index (χ3v) is 6.92. The summed E-state index contributed by atoms with van der Waals surface area (Å²) in [7, 11) is 0. The number of carbonyl (C=O) groups is 1. The Balaban J connectivity index is 1.86. The molecule has 4 heteroatoms. The van der Waals surface area contributed by atoms with E-state index in [1.807, 2.05) is 30.3 Å². The molecule has 3 aromatic carbocycles. The van der Waals surface area contributed by atoms with Crippen molar-refractivity contribution >= 4 is 16.9 Å². The lowest BCUT2D eigenvalue weighted by Crippen LogP contribution is -2.46. The first-order valence-corrected chi connectivity index (χ1v) is 12.4. The first-order chi connectivity index (χ1) is 16.5. The number of aromatic nitrogens is 2. The first-order valence-electron chi connectivity index (χ1n) is 12.4. The van der Waals surface area contributed by atoms with Gasteiger partial charge in [-0.15, -0.1) is 0 Å². The predicted molar refractivity (Wildman–Crippen MR) is 140 cm³/mol. The summed E-state index contributed by atoms with van der Waals surface area (Å²) in [5.41, 5.74) is 4.24. The smallest absolute Gasteiger partial charge is 0.243 e. The second-order valence-electron chi connectivity index (χ2n) is 9.11. The number of hydrogen-bond donors (Lipinski definition) is 0. The molecular formula is C30H35N3O. The highest BCUT2D eigenvalue weighted by molar-refractivity contribution is 5.82. The standard InChI is InChI=1S/C30H35N3O/c1-5-22(3)33(23(4)6-2)28(34)21-32-27-20-14-13-19-26(27)31-30(32)29(24-15-9-7-10-16-24)25-17-11-8-12-18-25/h7-20,22-23,29H,5-6,21H2,1-4H3. The van der Waals surface area contributed by atoms with E-state index in [2.05, 4.69) is 91.8 Å². The normalized spacial score (nSPS) is 13.2. The Bertz CT molecular complexity index is 1170. The van der Waals surface area contributed by atoms with Gasteiger partial charge in [0, 0.05) is 12.1 Å². The third-order valence-electron chi connectivity index (χ3n) is 6.92. The maximum atomic E-state index is 13.8. The van der Waals surface area contributed by atoms with Gasteiger partial charge in [0.25, 0.3) is 0 Å². The van der Waals surface area contributed by atoms with E-state index in [1.165, 1.54) is 11.1 Å². The van der Waals surface area contributed by atoms with Crippen LogP contribution >= 0.6 is 0 Å². The van der Waals surface area contributed by atoms with Crippen LogP contribution in [-0.2, 0) is 11.3 Å². The van der Waals surface area contributed by atoms with Crippen LogP contribution < -0.4 is 0 Å². The van der Waals surface area contributed by atoms with Crippen molar-refractivity contribution in [2.24, 2.45) is 0 Å². The fourth-order valence-corrected chi connectivity index (χ4v) is 4.80. The molecule has 4 rings (SSSR count). The highest BCUT2D eigenvalue weighted by Gasteiger charge is 2.28. The number of hydrogen-bond acceptors (Lipinski definition) is 2. The molecule has 2 unspecified atom stereocenters. The molecule has 0 aliphatic carbocycles. The van der Waals surface area contributed by atoms with E-state index in [-0.39, 0.29) is 30.5 Å². The van der Waals surface area contributed by atoms with Crippen LogP contribution in [0, 0.1) is 0 Å². The molecule has 2 atom stereocenters. The first kappa shape index (κ1) is 23.7. The molecule has 0 bridgehead atoms. The van der Waals surface area contributed by atoms with Crippen LogP contribution in [0.1, 0.15) is 63.4 Å². The molecule has 0 saturated carbocycles. The molecule has 0 fully saturated rings. The van der Waals surface area contributed by atoms with E-state index in [1.54, 1.807) is 0 Å². The van der Waals surface area contributed by atoms with Crippen molar-refractivity contribution in [2.45, 2.75) is 65.1 Å². The largest absolute Gasteiger partial charge is 0.336 e. The fraction of sp³-hybridized carbons (Fsp3) is 0.333. The molecule has 176 valence electrons. The van der Waals surface area contributed by atoms with Gasteiger partial charge in [0.2, 0.25) is 5.91 Å². The van der Waals surface area contributed by atoms with Gasteiger partial charge in [-0.3, -0.25) is 4.79 Å². The highest BCUT2D eigenvalue weighted by Crippen LogP contribution is 2.33. The van der Waals surface area contributed by atoms with Gasteiger partial charge in [-0.05, 0) is 49.9 Å². The van der Waals surface area contributed by atoms with Crippen molar-refractivity contribution < 1.29 is 4.79 Å². The average molecular weight is 454 g/mol. The van der Waals surface area contributed by atoms with Crippen molar-refractivity contribution in [3.05, 3.63) is 102 Å². The highest BCUT2D eigenvalue weighted by atomic mass is 16.2. The zero-order valence-electron chi connectivity index (χ0n) is 20.7. The van der Waals surface area contributed by atoms with E-state index in [0.29, 0.717) is 0 Å². The summed E-state index contributed by atoms with van der Waals surface area (Å²) in [6, 6.07) is 29.5. The molecule has 0 saturated heterocycles. The molecule has 34 heavy (non-hydrogen) atoms. The van der Waals surface area contributed by atoms with Gasteiger partial charge in [0.15, 0.2) is 0 Å². The Morgan fingerprint density at radius 3 is 1.82 bits per heavy atom. The van der Waals surface area contributed by atoms with Gasteiger partial charge >= 0.3 is 0 Å².